The zero-order valence-electron chi connectivity index (χ0n) is 10.4. The summed E-state index contributed by atoms with van der Waals surface area (Å²) in [6.45, 7) is 0.788. The van der Waals surface area contributed by atoms with Gasteiger partial charge in [-0.25, -0.2) is 4.98 Å². The van der Waals surface area contributed by atoms with Gasteiger partial charge in [0.2, 0.25) is 0 Å². The summed E-state index contributed by atoms with van der Waals surface area (Å²) >= 11 is 7.31. The first-order chi connectivity index (χ1) is 9.23. The summed E-state index contributed by atoms with van der Waals surface area (Å²) in [5, 5.41) is 13.3. The molecule has 0 fully saturated rings. The molecule has 0 aliphatic heterocycles. The average Bonchev–Trinajstić information content (AvgIpc) is 3.01. The zero-order chi connectivity index (χ0) is 13.3. The van der Waals surface area contributed by atoms with Crippen LogP contribution >= 0.6 is 22.9 Å². The molecule has 2 N–H and O–H groups in total. The van der Waals surface area contributed by atoms with Gasteiger partial charge in [-0.15, -0.1) is 11.3 Å². The van der Waals surface area contributed by atoms with Gasteiger partial charge < -0.3 is 10.4 Å². The number of aryl methyl sites for hydroxylation is 1. The summed E-state index contributed by atoms with van der Waals surface area (Å²) < 4.78 is 0.557. The number of hydrogen-bond donors (Lipinski definition) is 2. The van der Waals surface area contributed by atoms with E-state index in [2.05, 4.69) is 28.5 Å². The smallest absolute Gasteiger partial charge is 0.183 e. The molecule has 0 amide bonds. The second-order valence-electron chi connectivity index (χ2n) is 4.83. The van der Waals surface area contributed by atoms with E-state index in [9.17, 15) is 5.11 Å². The second-order valence-corrected chi connectivity index (χ2v) is 6.53. The molecule has 0 saturated carbocycles. The summed E-state index contributed by atoms with van der Waals surface area (Å²) in [4.78, 5) is 5.12. The molecule has 1 aliphatic carbocycles. The fraction of sp³-hybridized carbons (Fsp3) is 0.357. The van der Waals surface area contributed by atoms with E-state index in [4.69, 9.17) is 11.6 Å². The molecule has 19 heavy (non-hydrogen) atoms. The summed E-state index contributed by atoms with van der Waals surface area (Å²) in [7, 11) is 0. The quantitative estimate of drug-likeness (QED) is 0.911. The minimum atomic E-state index is -0.326. The predicted octanol–water partition coefficient (Wildman–Crippen LogP) is 2.72. The Labute approximate surface area is 121 Å². The summed E-state index contributed by atoms with van der Waals surface area (Å²) in [5.74, 6) is 0. The predicted molar refractivity (Wildman–Crippen MR) is 77.5 cm³/mol. The third-order valence-corrected chi connectivity index (χ3v) is 4.87. The van der Waals surface area contributed by atoms with Gasteiger partial charge in [-0.1, -0.05) is 35.9 Å². The molecule has 0 spiro atoms. The van der Waals surface area contributed by atoms with Crippen LogP contribution < -0.4 is 5.32 Å². The van der Waals surface area contributed by atoms with Crippen LogP contribution in [0, 0.1) is 0 Å². The van der Waals surface area contributed by atoms with E-state index in [1.807, 2.05) is 6.07 Å². The van der Waals surface area contributed by atoms with Gasteiger partial charge in [0.25, 0.3) is 0 Å². The lowest BCUT2D eigenvalue weighted by atomic mass is 9.92. The first-order valence-electron chi connectivity index (χ1n) is 6.28. The molecule has 1 aliphatic rings. The van der Waals surface area contributed by atoms with Crippen molar-refractivity contribution in [3.8, 4) is 0 Å². The van der Waals surface area contributed by atoms with E-state index >= 15 is 0 Å². The molecule has 3 rings (SSSR count). The van der Waals surface area contributed by atoms with E-state index in [0.29, 0.717) is 11.0 Å². The van der Waals surface area contributed by atoms with Crippen molar-refractivity contribution in [2.75, 3.05) is 6.61 Å². The van der Waals surface area contributed by atoms with Crippen molar-refractivity contribution in [2.45, 2.75) is 24.9 Å². The number of nitrogens with one attached hydrogen (secondary N) is 1. The summed E-state index contributed by atoms with van der Waals surface area (Å²) in [5.41, 5.74) is 2.21. The molecule has 5 heteroatoms. The van der Waals surface area contributed by atoms with Gasteiger partial charge in [-0.2, -0.15) is 0 Å². The SMILES string of the molecule is OCC1(NCc2cnc(Cl)s2)CCc2ccccc21. The standard InChI is InChI=1S/C14H15ClN2OS/c15-13-16-7-11(19-13)8-17-14(9-18)6-5-10-3-1-2-4-12(10)14/h1-4,7,17-18H,5-6,8-9H2. The number of halogens is 1. The Morgan fingerprint density at radius 1 is 1.42 bits per heavy atom. The van der Waals surface area contributed by atoms with Crippen LogP contribution in [0.2, 0.25) is 4.47 Å². The van der Waals surface area contributed by atoms with Gasteiger partial charge in [0, 0.05) is 17.6 Å². The van der Waals surface area contributed by atoms with Crippen LogP contribution in [0.3, 0.4) is 0 Å². The number of aromatic nitrogens is 1. The Morgan fingerprint density at radius 2 is 2.26 bits per heavy atom. The van der Waals surface area contributed by atoms with Crippen molar-refractivity contribution in [1.82, 2.24) is 10.3 Å². The fourth-order valence-electron chi connectivity index (χ4n) is 2.71. The fourth-order valence-corrected chi connectivity index (χ4v) is 3.63. The van der Waals surface area contributed by atoms with Crippen molar-refractivity contribution in [1.29, 1.82) is 0 Å². The molecular weight excluding hydrogens is 280 g/mol. The third-order valence-electron chi connectivity index (χ3n) is 3.75. The van der Waals surface area contributed by atoms with Crippen molar-refractivity contribution in [3.63, 3.8) is 0 Å². The number of benzene rings is 1. The normalized spacial score (nSPS) is 21.6. The Hall–Kier alpha value is -0.940. The van der Waals surface area contributed by atoms with Crippen molar-refractivity contribution in [3.05, 3.63) is 50.9 Å². The molecule has 2 aromatic rings. The van der Waals surface area contributed by atoms with Crippen molar-refractivity contribution >= 4 is 22.9 Å². The largest absolute Gasteiger partial charge is 0.394 e. The van der Waals surface area contributed by atoms with Gasteiger partial charge in [-0.3, -0.25) is 0 Å². The highest BCUT2D eigenvalue weighted by Crippen LogP contribution is 2.36. The van der Waals surface area contributed by atoms with E-state index < -0.39 is 0 Å². The Morgan fingerprint density at radius 3 is 3.00 bits per heavy atom. The number of nitrogens with zero attached hydrogens (tertiary/aromatic N) is 1. The van der Waals surface area contributed by atoms with Gasteiger partial charge in [-0.05, 0) is 24.0 Å². The lowest BCUT2D eigenvalue weighted by Crippen LogP contribution is -2.43. The molecule has 1 aromatic carbocycles. The molecule has 0 bridgehead atoms. The van der Waals surface area contributed by atoms with Gasteiger partial charge in [0.15, 0.2) is 4.47 Å². The zero-order valence-corrected chi connectivity index (χ0v) is 12.0. The lowest BCUT2D eigenvalue weighted by molar-refractivity contribution is 0.159. The molecular formula is C14H15ClN2OS. The van der Waals surface area contributed by atoms with Crippen LogP contribution in [0.1, 0.15) is 22.4 Å². The molecule has 0 saturated heterocycles. The molecule has 100 valence electrons. The Kier molecular flexibility index (Phi) is 3.58. The van der Waals surface area contributed by atoms with Crippen LogP contribution in [0.5, 0.6) is 0 Å². The Balaban J connectivity index is 1.81. The molecule has 1 heterocycles. The van der Waals surface area contributed by atoms with E-state index in [1.54, 1.807) is 6.20 Å². The van der Waals surface area contributed by atoms with Crippen LogP contribution in [-0.2, 0) is 18.5 Å². The molecule has 3 nitrogen and oxygen atoms in total. The van der Waals surface area contributed by atoms with Gasteiger partial charge >= 0.3 is 0 Å². The van der Waals surface area contributed by atoms with E-state index in [0.717, 1.165) is 17.7 Å². The van der Waals surface area contributed by atoms with Crippen LogP contribution in [-0.4, -0.2) is 16.7 Å². The lowest BCUT2D eigenvalue weighted by Gasteiger charge is -2.29. The highest BCUT2D eigenvalue weighted by molar-refractivity contribution is 7.15. The van der Waals surface area contributed by atoms with Crippen LogP contribution in [0.4, 0.5) is 0 Å². The second kappa shape index (κ2) is 5.21. The number of fused-ring (bicyclic) bond motifs is 1. The molecule has 0 radical (unpaired) electrons. The number of aliphatic hydroxyl groups excluding tert-OH is 1. The monoisotopic (exact) mass is 294 g/mol. The van der Waals surface area contributed by atoms with Crippen molar-refractivity contribution in [2.24, 2.45) is 0 Å². The number of aliphatic hydroxyl groups is 1. The average molecular weight is 295 g/mol. The topological polar surface area (TPSA) is 45.1 Å². The first kappa shape index (κ1) is 13.1. The number of rotatable bonds is 4. The maximum Gasteiger partial charge on any atom is 0.183 e. The number of thiazole rings is 1. The summed E-state index contributed by atoms with van der Waals surface area (Å²) in [6.07, 6.45) is 3.72. The number of hydrogen-bond acceptors (Lipinski definition) is 4. The van der Waals surface area contributed by atoms with Gasteiger partial charge in [0.1, 0.15) is 0 Å². The minimum absolute atomic E-state index is 0.108. The maximum atomic E-state index is 9.85. The molecule has 1 atom stereocenters. The Bertz CT molecular complexity index is 586. The molecule has 1 unspecified atom stereocenters. The van der Waals surface area contributed by atoms with Gasteiger partial charge in [0.05, 0.1) is 12.1 Å². The highest BCUT2D eigenvalue weighted by atomic mass is 35.5. The summed E-state index contributed by atoms with van der Waals surface area (Å²) in [6, 6.07) is 8.32. The van der Waals surface area contributed by atoms with Crippen LogP contribution in [0.25, 0.3) is 0 Å². The molecule has 1 aromatic heterocycles. The van der Waals surface area contributed by atoms with E-state index in [-0.39, 0.29) is 12.1 Å². The third kappa shape index (κ3) is 2.41. The van der Waals surface area contributed by atoms with E-state index in [1.165, 1.54) is 22.5 Å². The maximum absolute atomic E-state index is 9.85. The minimum Gasteiger partial charge on any atom is -0.394 e. The highest BCUT2D eigenvalue weighted by Gasteiger charge is 2.37. The first-order valence-corrected chi connectivity index (χ1v) is 7.47. The van der Waals surface area contributed by atoms with Crippen molar-refractivity contribution < 1.29 is 5.11 Å². The van der Waals surface area contributed by atoms with Crippen LogP contribution in [0.15, 0.2) is 30.5 Å².